The molecule has 0 bridgehead atoms. The molecule has 1 aromatic carbocycles. The van der Waals surface area contributed by atoms with Gasteiger partial charge in [-0.05, 0) is 30.7 Å². The number of hydrogen-bond donors (Lipinski definition) is 1. The third-order valence-electron chi connectivity index (χ3n) is 2.59. The molecule has 7 heteroatoms. The molecule has 0 radical (unpaired) electrons. The van der Waals surface area contributed by atoms with E-state index < -0.39 is 12.6 Å². The normalized spacial score (nSPS) is 11.4. The highest BCUT2D eigenvalue weighted by Gasteiger charge is 2.25. The molecule has 118 valence electrons. The van der Waals surface area contributed by atoms with Crippen molar-refractivity contribution in [3.8, 4) is 5.75 Å². The molecule has 1 aromatic rings. The van der Waals surface area contributed by atoms with Crippen LogP contribution in [0.25, 0.3) is 0 Å². The molecule has 0 unspecified atom stereocenters. The molecule has 0 fully saturated rings. The van der Waals surface area contributed by atoms with E-state index in [1.165, 1.54) is 0 Å². The minimum atomic E-state index is -4.11. The Morgan fingerprint density at radius 2 is 1.67 bits per heavy atom. The average molecular weight is 321 g/mol. The summed E-state index contributed by atoms with van der Waals surface area (Å²) in [6.07, 6.45) is -4.31. The number of ether oxygens (including phenoxy) is 2. The standard InChI is InChI=1S/C14H18F3NO2S/c15-14(16,17)7-1-8-19-9-2-10-20-12-5-3-11(4-6-12)13(18)21/h3-6H,1-2,7-10H2,(H2,18,21). The van der Waals surface area contributed by atoms with Crippen LogP contribution in [0.15, 0.2) is 24.3 Å². The van der Waals surface area contributed by atoms with Crippen molar-refractivity contribution in [1.29, 1.82) is 0 Å². The predicted molar refractivity (Wildman–Crippen MR) is 78.5 cm³/mol. The van der Waals surface area contributed by atoms with Crippen molar-refractivity contribution in [2.24, 2.45) is 5.73 Å². The third kappa shape index (κ3) is 8.52. The molecule has 0 heterocycles. The average Bonchev–Trinajstić information content (AvgIpc) is 2.41. The molecule has 0 amide bonds. The van der Waals surface area contributed by atoms with Gasteiger partial charge in [0.25, 0.3) is 0 Å². The first-order valence-electron chi connectivity index (χ1n) is 6.55. The van der Waals surface area contributed by atoms with Crippen LogP contribution in [0.4, 0.5) is 13.2 Å². The highest BCUT2D eigenvalue weighted by Crippen LogP contribution is 2.21. The second-order valence-corrected chi connectivity index (χ2v) is 4.86. The maximum absolute atomic E-state index is 11.9. The van der Waals surface area contributed by atoms with Crippen LogP contribution in [0.1, 0.15) is 24.8 Å². The van der Waals surface area contributed by atoms with E-state index in [1.54, 1.807) is 24.3 Å². The molecule has 0 spiro atoms. The summed E-state index contributed by atoms with van der Waals surface area (Å²) in [4.78, 5) is 0.328. The van der Waals surface area contributed by atoms with E-state index >= 15 is 0 Å². The van der Waals surface area contributed by atoms with E-state index in [1.807, 2.05) is 0 Å². The highest BCUT2D eigenvalue weighted by molar-refractivity contribution is 7.80. The molecule has 0 aliphatic rings. The molecule has 21 heavy (non-hydrogen) atoms. The van der Waals surface area contributed by atoms with E-state index in [0.29, 0.717) is 30.4 Å². The fourth-order valence-electron chi connectivity index (χ4n) is 1.54. The van der Waals surface area contributed by atoms with Crippen molar-refractivity contribution in [2.75, 3.05) is 19.8 Å². The highest BCUT2D eigenvalue weighted by atomic mass is 32.1. The van der Waals surface area contributed by atoms with E-state index in [9.17, 15) is 13.2 Å². The van der Waals surface area contributed by atoms with E-state index in [0.717, 1.165) is 5.56 Å². The first kappa shape index (κ1) is 17.7. The van der Waals surface area contributed by atoms with Crippen LogP contribution in [0, 0.1) is 0 Å². The number of nitrogens with two attached hydrogens (primary N) is 1. The van der Waals surface area contributed by atoms with Crippen LogP contribution in [-0.4, -0.2) is 31.0 Å². The quantitative estimate of drug-likeness (QED) is 0.559. The van der Waals surface area contributed by atoms with Crippen molar-refractivity contribution in [2.45, 2.75) is 25.4 Å². The van der Waals surface area contributed by atoms with Gasteiger partial charge in [-0.15, -0.1) is 0 Å². The lowest BCUT2D eigenvalue weighted by Crippen LogP contribution is -2.10. The van der Waals surface area contributed by atoms with Crippen LogP contribution in [0.2, 0.25) is 0 Å². The zero-order chi connectivity index (χ0) is 15.7. The van der Waals surface area contributed by atoms with Crippen molar-refractivity contribution in [3.05, 3.63) is 29.8 Å². The molecular formula is C14H18F3NO2S. The number of rotatable bonds is 9. The molecule has 2 N–H and O–H groups in total. The molecule has 0 aliphatic carbocycles. The number of thiocarbonyl (C=S) groups is 1. The van der Waals surface area contributed by atoms with Gasteiger partial charge in [0, 0.05) is 31.6 Å². The Bertz CT molecular complexity index is 435. The lowest BCUT2D eigenvalue weighted by atomic mass is 10.2. The molecule has 0 aromatic heterocycles. The third-order valence-corrected chi connectivity index (χ3v) is 2.83. The molecule has 0 atom stereocenters. The summed E-state index contributed by atoms with van der Waals surface area (Å²) in [6.45, 7) is 0.927. The van der Waals surface area contributed by atoms with Crippen molar-refractivity contribution in [1.82, 2.24) is 0 Å². The Hall–Kier alpha value is -1.34. The maximum atomic E-state index is 11.9. The minimum Gasteiger partial charge on any atom is -0.494 e. The summed E-state index contributed by atoms with van der Waals surface area (Å²) >= 11 is 4.84. The number of halogens is 3. The van der Waals surface area contributed by atoms with Gasteiger partial charge < -0.3 is 15.2 Å². The van der Waals surface area contributed by atoms with Gasteiger partial charge in [0.2, 0.25) is 0 Å². The topological polar surface area (TPSA) is 44.5 Å². The number of benzene rings is 1. The molecule has 0 aliphatic heterocycles. The molecule has 0 saturated carbocycles. The fourth-order valence-corrected chi connectivity index (χ4v) is 1.68. The van der Waals surface area contributed by atoms with Gasteiger partial charge in [-0.25, -0.2) is 0 Å². The SMILES string of the molecule is NC(=S)c1ccc(OCCCOCCCC(F)(F)F)cc1. The zero-order valence-corrected chi connectivity index (χ0v) is 12.3. The summed E-state index contributed by atoms with van der Waals surface area (Å²) in [5, 5.41) is 0. The smallest absolute Gasteiger partial charge is 0.389 e. The van der Waals surface area contributed by atoms with Crippen molar-refractivity contribution >= 4 is 17.2 Å². The number of alkyl halides is 3. The maximum Gasteiger partial charge on any atom is 0.389 e. The predicted octanol–water partition coefficient (Wildman–Crippen LogP) is 3.45. The van der Waals surface area contributed by atoms with Crippen LogP contribution < -0.4 is 10.5 Å². The monoisotopic (exact) mass is 321 g/mol. The first-order valence-corrected chi connectivity index (χ1v) is 6.96. The lowest BCUT2D eigenvalue weighted by molar-refractivity contribution is -0.137. The fraction of sp³-hybridized carbons (Fsp3) is 0.500. The van der Waals surface area contributed by atoms with E-state index in [4.69, 9.17) is 27.4 Å². The Kier molecular flexibility index (Phi) is 7.45. The molecular weight excluding hydrogens is 303 g/mol. The Morgan fingerprint density at radius 1 is 1.05 bits per heavy atom. The molecule has 3 nitrogen and oxygen atoms in total. The Balaban J connectivity index is 2.05. The van der Waals surface area contributed by atoms with Crippen LogP contribution in [-0.2, 0) is 4.74 Å². The van der Waals surface area contributed by atoms with Gasteiger partial charge >= 0.3 is 6.18 Å². The number of hydrogen-bond acceptors (Lipinski definition) is 3. The van der Waals surface area contributed by atoms with Crippen LogP contribution in [0.5, 0.6) is 5.75 Å². The lowest BCUT2D eigenvalue weighted by Gasteiger charge is -2.08. The summed E-state index contributed by atoms with van der Waals surface area (Å²) in [6, 6.07) is 7.06. The summed E-state index contributed by atoms with van der Waals surface area (Å²) < 4.78 is 46.1. The zero-order valence-electron chi connectivity index (χ0n) is 11.5. The Morgan fingerprint density at radius 3 is 2.24 bits per heavy atom. The van der Waals surface area contributed by atoms with Crippen molar-refractivity contribution < 1.29 is 22.6 Å². The molecule has 1 rings (SSSR count). The molecule has 0 saturated heterocycles. The Labute approximate surface area is 127 Å². The van der Waals surface area contributed by atoms with Gasteiger partial charge in [-0.3, -0.25) is 0 Å². The second kappa shape index (κ2) is 8.84. The largest absolute Gasteiger partial charge is 0.494 e. The van der Waals surface area contributed by atoms with Gasteiger partial charge in [0.15, 0.2) is 0 Å². The van der Waals surface area contributed by atoms with Gasteiger partial charge in [-0.2, -0.15) is 13.2 Å². The van der Waals surface area contributed by atoms with Crippen LogP contribution >= 0.6 is 12.2 Å². The van der Waals surface area contributed by atoms with Crippen molar-refractivity contribution in [3.63, 3.8) is 0 Å². The minimum absolute atomic E-state index is 0.00911. The van der Waals surface area contributed by atoms with E-state index in [2.05, 4.69) is 0 Å². The summed E-state index contributed by atoms with van der Waals surface area (Å²) in [7, 11) is 0. The van der Waals surface area contributed by atoms with Gasteiger partial charge in [-0.1, -0.05) is 12.2 Å². The van der Waals surface area contributed by atoms with Gasteiger partial charge in [0.05, 0.1) is 6.61 Å². The van der Waals surface area contributed by atoms with Gasteiger partial charge in [0.1, 0.15) is 10.7 Å². The van der Waals surface area contributed by atoms with E-state index in [-0.39, 0.29) is 13.0 Å². The second-order valence-electron chi connectivity index (χ2n) is 4.42. The summed E-state index contributed by atoms with van der Waals surface area (Å²) in [5.41, 5.74) is 6.24. The summed E-state index contributed by atoms with van der Waals surface area (Å²) in [5.74, 6) is 0.687. The first-order chi connectivity index (χ1) is 9.88. The van der Waals surface area contributed by atoms with Crippen LogP contribution in [0.3, 0.4) is 0 Å².